The lowest BCUT2D eigenvalue weighted by molar-refractivity contribution is 0.103. The molecule has 1 aromatic carbocycles. The maximum atomic E-state index is 11.5. The Morgan fingerprint density at radius 1 is 1.43 bits per heavy atom. The standard InChI is InChI=1S/C14H21NO5S/c1-10(2)15-8-12(16)9-19-13-5-3-4-11-6-7-21(17,18)20-14(11)13/h3-5,10,12,15-16H,6-9H2,1-2H3. The highest BCUT2D eigenvalue weighted by Gasteiger charge is 2.25. The molecule has 6 nitrogen and oxygen atoms in total. The van der Waals surface area contributed by atoms with Crippen LogP contribution in [-0.4, -0.2) is 44.6 Å². The Bertz CT molecular complexity index is 585. The van der Waals surface area contributed by atoms with Gasteiger partial charge in [-0.2, -0.15) is 8.42 Å². The first kappa shape index (κ1) is 16.1. The highest BCUT2D eigenvalue weighted by molar-refractivity contribution is 7.87. The Labute approximate surface area is 125 Å². The molecule has 0 saturated carbocycles. The number of ether oxygens (including phenoxy) is 1. The first-order chi connectivity index (χ1) is 9.87. The van der Waals surface area contributed by atoms with Crippen LogP contribution in [0.5, 0.6) is 11.5 Å². The lowest BCUT2D eigenvalue weighted by Crippen LogP contribution is -2.35. The van der Waals surface area contributed by atoms with Gasteiger partial charge < -0.3 is 19.3 Å². The van der Waals surface area contributed by atoms with Gasteiger partial charge in [-0.1, -0.05) is 26.0 Å². The highest BCUT2D eigenvalue weighted by atomic mass is 32.2. The summed E-state index contributed by atoms with van der Waals surface area (Å²) in [7, 11) is -3.53. The van der Waals surface area contributed by atoms with Crippen molar-refractivity contribution in [1.82, 2.24) is 5.32 Å². The number of aliphatic hydroxyl groups excluding tert-OH is 1. The first-order valence-electron chi connectivity index (χ1n) is 6.95. The van der Waals surface area contributed by atoms with E-state index in [4.69, 9.17) is 8.92 Å². The molecular weight excluding hydrogens is 294 g/mol. The van der Waals surface area contributed by atoms with Crippen LogP contribution in [0.1, 0.15) is 19.4 Å². The molecule has 1 aromatic rings. The van der Waals surface area contributed by atoms with Gasteiger partial charge in [0, 0.05) is 18.2 Å². The molecule has 118 valence electrons. The number of aryl methyl sites for hydroxylation is 1. The predicted molar refractivity (Wildman–Crippen MR) is 79.2 cm³/mol. The maximum Gasteiger partial charge on any atom is 0.309 e. The van der Waals surface area contributed by atoms with Crippen molar-refractivity contribution < 1.29 is 22.4 Å². The predicted octanol–water partition coefficient (Wildman–Crippen LogP) is 0.689. The summed E-state index contributed by atoms with van der Waals surface area (Å²) in [6.07, 6.45) is -0.268. The van der Waals surface area contributed by atoms with Gasteiger partial charge in [0.1, 0.15) is 12.7 Å². The van der Waals surface area contributed by atoms with E-state index < -0.39 is 16.2 Å². The molecule has 1 aliphatic heterocycles. The second kappa shape index (κ2) is 6.64. The van der Waals surface area contributed by atoms with E-state index in [1.54, 1.807) is 12.1 Å². The lowest BCUT2D eigenvalue weighted by atomic mass is 10.1. The van der Waals surface area contributed by atoms with Crippen molar-refractivity contribution in [2.45, 2.75) is 32.4 Å². The summed E-state index contributed by atoms with van der Waals surface area (Å²) < 4.78 is 33.6. The Morgan fingerprint density at radius 2 is 2.19 bits per heavy atom. The fraction of sp³-hybridized carbons (Fsp3) is 0.571. The van der Waals surface area contributed by atoms with Crippen molar-refractivity contribution in [1.29, 1.82) is 0 Å². The number of para-hydroxylation sites is 1. The summed E-state index contributed by atoms with van der Waals surface area (Å²) >= 11 is 0. The van der Waals surface area contributed by atoms with Crippen molar-refractivity contribution in [2.75, 3.05) is 18.9 Å². The quantitative estimate of drug-likeness (QED) is 0.751. The van der Waals surface area contributed by atoms with Gasteiger partial charge in [0.15, 0.2) is 11.5 Å². The first-order valence-corrected chi connectivity index (χ1v) is 8.53. The van der Waals surface area contributed by atoms with Gasteiger partial charge in [-0.15, -0.1) is 0 Å². The Morgan fingerprint density at radius 3 is 2.90 bits per heavy atom. The molecule has 1 aliphatic rings. The summed E-state index contributed by atoms with van der Waals surface area (Å²) in [5, 5.41) is 12.9. The molecule has 0 spiro atoms. The summed E-state index contributed by atoms with van der Waals surface area (Å²) in [6.45, 7) is 4.45. The topological polar surface area (TPSA) is 84.9 Å². The van der Waals surface area contributed by atoms with Crippen LogP contribution in [0, 0.1) is 0 Å². The normalized spacial score (nSPS) is 17.9. The molecule has 1 unspecified atom stereocenters. The summed E-state index contributed by atoms with van der Waals surface area (Å²) in [4.78, 5) is 0. The van der Waals surface area contributed by atoms with Crippen molar-refractivity contribution in [3.8, 4) is 11.5 Å². The van der Waals surface area contributed by atoms with E-state index in [2.05, 4.69) is 5.32 Å². The van der Waals surface area contributed by atoms with E-state index in [-0.39, 0.29) is 24.2 Å². The van der Waals surface area contributed by atoms with Crippen LogP contribution in [0.25, 0.3) is 0 Å². The molecule has 0 radical (unpaired) electrons. The Balaban J connectivity index is 2.01. The largest absolute Gasteiger partial charge is 0.487 e. The molecule has 1 atom stereocenters. The van der Waals surface area contributed by atoms with Gasteiger partial charge >= 0.3 is 10.1 Å². The number of rotatable bonds is 6. The van der Waals surface area contributed by atoms with E-state index in [0.717, 1.165) is 5.56 Å². The molecule has 0 bridgehead atoms. The number of aliphatic hydroxyl groups is 1. The smallest absolute Gasteiger partial charge is 0.309 e. The summed E-state index contributed by atoms with van der Waals surface area (Å²) in [5.74, 6) is 0.567. The zero-order valence-corrected chi connectivity index (χ0v) is 13.0. The molecule has 0 aliphatic carbocycles. The van der Waals surface area contributed by atoms with Crippen LogP contribution >= 0.6 is 0 Å². The minimum atomic E-state index is -3.53. The molecule has 1 heterocycles. The third-order valence-electron chi connectivity index (χ3n) is 3.09. The van der Waals surface area contributed by atoms with Crippen LogP contribution < -0.4 is 14.2 Å². The molecule has 2 rings (SSSR count). The van der Waals surface area contributed by atoms with Crippen molar-refractivity contribution >= 4 is 10.1 Å². The van der Waals surface area contributed by atoms with Crippen LogP contribution in [0.2, 0.25) is 0 Å². The van der Waals surface area contributed by atoms with Crippen molar-refractivity contribution in [3.05, 3.63) is 23.8 Å². The second-order valence-corrected chi connectivity index (χ2v) is 7.06. The Hall–Kier alpha value is -1.31. The van der Waals surface area contributed by atoms with E-state index >= 15 is 0 Å². The van der Waals surface area contributed by atoms with Crippen molar-refractivity contribution in [3.63, 3.8) is 0 Å². The third-order valence-corrected chi connectivity index (χ3v) is 4.21. The van der Waals surface area contributed by atoms with Crippen LogP contribution in [-0.2, 0) is 16.5 Å². The number of nitrogens with one attached hydrogen (secondary N) is 1. The zero-order valence-electron chi connectivity index (χ0n) is 12.2. The van der Waals surface area contributed by atoms with E-state index in [0.29, 0.717) is 18.7 Å². The third kappa shape index (κ3) is 4.59. The molecule has 0 amide bonds. The van der Waals surface area contributed by atoms with Crippen LogP contribution in [0.3, 0.4) is 0 Å². The maximum absolute atomic E-state index is 11.5. The lowest BCUT2D eigenvalue weighted by Gasteiger charge is -2.21. The molecule has 0 aromatic heterocycles. The van der Waals surface area contributed by atoms with E-state index in [1.165, 1.54) is 0 Å². The number of hydrogen-bond donors (Lipinski definition) is 2. The SMILES string of the molecule is CC(C)NCC(O)COc1cccc2c1OS(=O)(=O)CC2. The minimum absolute atomic E-state index is 0.0234. The molecule has 2 N–H and O–H groups in total. The fourth-order valence-electron chi connectivity index (χ4n) is 1.99. The average molecular weight is 315 g/mol. The van der Waals surface area contributed by atoms with Gasteiger partial charge in [-0.25, -0.2) is 0 Å². The van der Waals surface area contributed by atoms with Gasteiger partial charge in [-0.3, -0.25) is 0 Å². The second-order valence-electron chi connectivity index (χ2n) is 5.37. The van der Waals surface area contributed by atoms with Gasteiger partial charge in [0.25, 0.3) is 0 Å². The zero-order chi connectivity index (χ0) is 15.5. The van der Waals surface area contributed by atoms with Crippen LogP contribution in [0.15, 0.2) is 18.2 Å². The number of hydrogen-bond acceptors (Lipinski definition) is 6. The summed E-state index contributed by atoms with van der Waals surface area (Å²) in [6, 6.07) is 5.52. The number of benzene rings is 1. The van der Waals surface area contributed by atoms with Gasteiger partial charge in [0.05, 0.1) is 5.75 Å². The number of fused-ring (bicyclic) bond motifs is 1. The van der Waals surface area contributed by atoms with E-state index in [1.807, 2.05) is 19.9 Å². The monoisotopic (exact) mass is 315 g/mol. The highest BCUT2D eigenvalue weighted by Crippen LogP contribution is 2.35. The van der Waals surface area contributed by atoms with E-state index in [9.17, 15) is 13.5 Å². The molecule has 7 heteroatoms. The fourth-order valence-corrected chi connectivity index (χ4v) is 2.98. The van der Waals surface area contributed by atoms with Crippen LogP contribution in [0.4, 0.5) is 0 Å². The molecule has 0 fully saturated rings. The van der Waals surface area contributed by atoms with Gasteiger partial charge in [-0.05, 0) is 12.5 Å². The van der Waals surface area contributed by atoms with Gasteiger partial charge in [0.2, 0.25) is 0 Å². The molecular formula is C14H21NO5S. The Kier molecular flexibility index (Phi) is 5.08. The molecule has 21 heavy (non-hydrogen) atoms. The average Bonchev–Trinajstić information content (AvgIpc) is 2.42. The summed E-state index contributed by atoms with van der Waals surface area (Å²) in [5.41, 5.74) is 0.803. The van der Waals surface area contributed by atoms with Crippen molar-refractivity contribution in [2.24, 2.45) is 0 Å². The molecule has 0 saturated heterocycles. The minimum Gasteiger partial charge on any atom is -0.487 e.